The van der Waals surface area contributed by atoms with Crippen LogP contribution in [0.15, 0.2) is 42.7 Å². The zero-order valence-electron chi connectivity index (χ0n) is 12.0. The van der Waals surface area contributed by atoms with Crippen LogP contribution in [0.1, 0.15) is 17.2 Å². The first-order valence-corrected chi connectivity index (χ1v) is 7.77. The van der Waals surface area contributed by atoms with Gasteiger partial charge in [0.25, 0.3) is 0 Å². The first-order chi connectivity index (χ1) is 10.2. The molecule has 22 heavy (non-hydrogen) atoms. The molecule has 1 aliphatic heterocycles. The number of piperazine rings is 1. The normalized spacial score (nSPS) is 18.7. The Balaban J connectivity index is 0.00000176. The molecule has 0 bridgehead atoms. The van der Waals surface area contributed by atoms with Crippen LogP contribution in [0.25, 0.3) is 0 Å². The number of benzene rings is 1. The predicted molar refractivity (Wildman–Crippen MR) is 94.0 cm³/mol. The van der Waals surface area contributed by atoms with Gasteiger partial charge in [-0.2, -0.15) is 0 Å². The fourth-order valence-electron chi connectivity index (χ4n) is 2.79. The van der Waals surface area contributed by atoms with E-state index in [0.717, 1.165) is 31.7 Å². The third kappa shape index (κ3) is 4.34. The van der Waals surface area contributed by atoms with Crippen molar-refractivity contribution in [3.8, 4) is 0 Å². The average Bonchev–Trinajstić information content (AvgIpc) is 2.48. The van der Waals surface area contributed by atoms with Crippen molar-refractivity contribution in [3.05, 3.63) is 63.9 Å². The molecule has 0 saturated carbocycles. The molecule has 1 unspecified atom stereocenters. The molecule has 0 aliphatic carbocycles. The van der Waals surface area contributed by atoms with Gasteiger partial charge in [0.1, 0.15) is 0 Å². The molecule has 1 atom stereocenters. The molecule has 1 fully saturated rings. The van der Waals surface area contributed by atoms with E-state index >= 15 is 0 Å². The molecule has 1 aromatic carbocycles. The number of pyridine rings is 1. The Morgan fingerprint density at radius 1 is 1.14 bits per heavy atom. The summed E-state index contributed by atoms with van der Waals surface area (Å²) in [6.07, 6.45) is 3.69. The fourth-order valence-corrected chi connectivity index (χ4v) is 3.36. The summed E-state index contributed by atoms with van der Waals surface area (Å²) in [6, 6.07) is 10.2. The van der Waals surface area contributed by atoms with Gasteiger partial charge in [0.2, 0.25) is 0 Å². The molecule has 1 aromatic heterocycles. The molecular formula is C16H18Cl3N3. The van der Waals surface area contributed by atoms with E-state index in [1.807, 2.05) is 24.5 Å². The number of hydrogen-bond donors (Lipinski definition) is 1. The van der Waals surface area contributed by atoms with E-state index in [-0.39, 0.29) is 12.4 Å². The summed E-state index contributed by atoms with van der Waals surface area (Å²) in [5.74, 6) is 0. The van der Waals surface area contributed by atoms with Gasteiger partial charge in [-0.1, -0.05) is 23.2 Å². The van der Waals surface area contributed by atoms with Gasteiger partial charge in [-0.3, -0.25) is 9.88 Å². The van der Waals surface area contributed by atoms with Gasteiger partial charge in [-0.25, -0.2) is 0 Å². The standard InChI is InChI=1S/C16H17Cl2N3.ClH/c17-14-7-12(8-15(18)9-14)11-21-6-5-20-10-16(21)13-1-3-19-4-2-13;/h1-4,7-9,16,20H,5-6,10-11H2;1H. The lowest BCUT2D eigenvalue weighted by molar-refractivity contribution is 0.153. The second-order valence-electron chi connectivity index (χ2n) is 5.25. The summed E-state index contributed by atoms with van der Waals surface area (Å²) >= 11 is 12.2. The van der Waals surface area contributed by atoms with Gasteiger partial charge in [0, 0.05) is 54.7 Å². The number of nitrogens with one attached hydrogen (secondary N) is 1. The molecule has 6 heteroatoms. The maximum absolute atomic E-state index is 6.10. The predicted octanol–water partition coefficient (Wildman–Crippen LogP) is 3.96. The van der Waals surface area contributed by atoms with Crippen LogP contribution in [0.5, 0.6) is 0 Å². The van der Waals surface area contributed by atoms with Crippen LogP contribution < -0.4 is 5.32 Å². The summed E-state index contributed by atoms with van der Waals surface area (Å²) < 4.78 is 0. The molecule has 2 heterocycles. The molecule has 0 spiro atoms. The Hall–Kier alpha value is -0.840. The summed E-state index contributed by atoms with van der Waals surface area (Å²) in [5.41, 5.74) is 2.43. The maximum atomic E-state index is 6.10. The molecule has 0 amide bonds. The van der Waals surface area contributed by atoms with Crippen LogP contribution >= 0.6 is 35.6 Å². The van der Waals surface area contributed by atoms with Crippen molar-refractivity contribution < 1.29 is 0 Å². The van der Waals surface area contributed by atoms with E-state index in [4.69, 9.17) is 23.2 Å². The molecule has 0 radical (unpaired) electrons. The van der Waals surface area contributed by atoms with Crippen molar-refractivity contribution >= 4 is 35.6 Å². The molecule has 1 saturated heterocycles. The van der Waals surface area contributed by atoms with Crippen LogP contribution in [0.3, 0.4) is 0 Å². The zero-order chi connectivity index (χ0) is 14.7. The number of aromatic nitrogens is 1. The largest absolute Gasteiger partial charge is 0.314 e. The number of nitrogens with zero attached hydrogens (tertiary/aromatic N) is 2. The SMILES string of the molecule is Cl.Clc1cc(Cl)cc(CN2CCNCC2c2ccncc2)c1. The Bertz CT molecular complexity index is 587. The molecule has 2 aromatic rings. The minimum atomic E-state index is 0. The Morgan fingerprint density at radius 3 is 2.50 bits per heavy atom. The van der Waals surface area contributed by atoms with Crippen LogP contribution in [0.2, 0.25) is 10.0 Å². The van der Waals surface area contributed by atoms with E-state index < -0.39 is 0 Å². The van der Waals surface area contributed by atoms with Gasteiger partial charge in [-0.05, 0) is 41.5 Å². The summed E-state index contributed by atoms with van der Waals surface area (Å²) in [6.45, 7) is 3.78. The van der Waals surface area contributed by atoms with Gasteiger partial charge in [0.05, 0.1) is 0 Å². The lowest BCUT2D eigenvalue weighted by atomic mass is 10.0. The second kappa shape index (κ2) is 8.14. The second-order valence-corrected chi connectivity index (χ2v) is 6.12. The highest BCUT2D eigenvalue weighted by Crippen LogP contribution is 2.26. The van der Waals surface area contributed by atoms with E-state index in [1.165, 1.54) is 5.56 Å². The van der Waals surface area contributed by atoms with E-state index in [2.05, 4.69) is 27.3 Å². The molecule has 3 nitrogen and oxygen atoms in total. The molecule has 3 rings (SSSR count). The summed E-state index contributed by atoms with van der Waals surface area (Å²) in [5, 5.41) is 4.83. The lowest BCUT2D eigenvalue weighted by Gasteiger charge is -2.36. The highest BCUT2D eigenvalue weighted by molar-refractivity contribution is 6.34. The molecule has 118 valence electrons. The Morgan fingerprint density at radius 2 is 1.82 bits per heavy atom. The van der Waals surface area contributed by atoms with E-state index in [1.54, 1.807) is 6.07 Å². The molecular weight excluding hydrogens is 341 g/mol. The topological polar surface area (TPSA) is 28.2 Å². The van der Waals surface area contributed by atoms with Gasteiger partial charge < -0.3 is 5.32 Å². The maximum Gasteiger partial charge on any atom is 0.0477 e. The van der Waals surface area contributed by atoms with Gasteiger partial charge in [0.15, 0.2) is 0 Å². The lowest BCUT2D eigenvalue weighted by Crippen LogP contribution is -2.45. The van der Waals surface area contributed by atoms with Crippen molar-refractivity contribution in [1.29, 1.82) is 0 Å². The number of rotatable bonds is 3. The van der Waals surface area contributed by atoms with Crippen LogP contribution in [-0.4, -0.2) is 29.5 Å². The monoisotopic (exact) mass is 357 g/mol. The minimum Gasteiger partial charge on any atom is -0.314 e. The fraction of sp³-hybridized carbons (Fsp3) is 0.312. The third-order valence-electron chi connectivity index (χ3n) is 3.75. The van der Waals surface area contributed by atoms with Crippen molar-refractivity contribution in [3.63, 3.8) is 0 Å². The summed E-state index contributed by atoms with van der Waals surface area (Å²) in [4.78, 5) is 6.55. The van der Waals surface area contributed by atoms with E-state index in [0.29, 0.717) is 16.1 Å². The van der Waals surface area contributed by atoms with Gasteiger partial charge >= 0.3 is 0 Å². The third-order valence-corrected chi connectivity index (χ3v) is 4.19. The van der Waals surface area contributed by atoms with Crippen molar-refractivity contribution in [2.75, 3.05) is 19.6 Å². The first-order valence-electron chi connectivity index (χ1n) is 7.02. The van der Waals surface area contributed by atoms with Crippen molar-refractivity contribution in [2.24, 2.45) is 0 Å². The Kier molecular flexibility index (Phi) is 6.48. The number of hydrogen-bond acceptors (Lipinski definition) is 3. The van der Waals surface area contributed by atoms with E-state index in [9.17, 15) is 0 Å². The van der Waals surface area contributed by atoms with Crippen LogP contribution in [0.4, 0.5) is 0 Å². The Labute approximate surface area is 147 Å². The van der Waals surface area contributed by atoms with Gasteiger partial charge in [-0.15, -0.1) is 12.4 Å². The van der Waals surface area contributed by atoms with Crippen LogP contribution in [0, 0.1) is 0 Å². The smallest absolute Gasteiger partial charge is 0.0477 e. The first kappa shape index (κ1) is 17.5. The molecule has 1 N–H and O–H groups in total. The van der Waals surface area contributed by atoms with Crippen molar-refractivity contribution in [1.82, 2.24) is 15.2 Å². The highest BCUT2D eigenvalue weighted by Gasteiger charge is 2.23. The summed E-state index contributed by atoms with van der Waals surface area (Å²) in [7, 11) is 0. The molecule has 1 aliphatic rings. The minimum absolute atomic E-state index is 0. The van der Waals surface area contributed by atoms with Crippen LogP contribution in [-0.2, 0) is 6.54 Å². The zero-order valence-corrected chi connectivity index (χ0v) is 14.3. The quantitative estimate of drug-likeness (QED) is 0.900. The highest BCUT2D eigenvalue weighted by atomic mass is 35.5. The number of halogens is 3. The van der Waals surface area contributed by atoms with Crippen molar-refractivity contribution in [2.45, 2.75) is 12.6 Å². The average molecular weight is 359 g/mol.